The Morgan fingerprint density at radius 2 is 2.04 bits per heavy atom. The summed E-state index contributed by atoms with van der Waals surface area (Å²) in [7, 11) is 0. The molecule has 1 aromatic rings. The number of amides is 2. The van der Waals surface area contributed by atoms with Crippen LogP contribution in [0.3, 0.4) is 0 Å². The Kier molecular flexibility index (Phi) is 4.81. The van der Waals surface area contributed by atoms with E-state index in [1.165, 1.54) is 4.90 Å². The molecular weight excluding hydrogens is 349 g/mol. The average molecular weight is 370 g/mol. The maximum atomic E-state index is 12.6. The third-order valence-corrected chi connectivity index (χ3v) is 5.31. The summed E-state index contributed by atoms with van der Waals surface area (Å²) in [4.78, 5) is 27.7. The van der Waals surface area contributed by atoms with E-state index in [0.717, 1.165) is 25.3 Å². The van der Waals surface area contributed by atoms with Gasteiger partial charge in [-0.1, -0.05) is 6.08 Å². The molecule has 1 spiro atoms. The standard InChI is InChI=1S/C17H21F3N4O2/c1-2-7-24-11-16(4-3-14(24)25)5-8-23(9-6-16)15(26)12-10-13(22-21-12)17(18,19)20/h2,10H,1,3-9,11H2,(H,21,22). The number of rotatable bonds is 3. The molecule has 3 heterocycles. The minimum Gasteiger partial charge on any atom is -0.338 e. The molecule has 2 aliphatic heterocycles. The number of H-pyrrole nitrogens is 1. The van der Waals surface area contributed by atoms with E-state index in [-0.39, 0.29) is 17.0 Å². The number of piperidine rings is 2. The summed E-state index contributed by atoms with van der Waals surface area (Å²) in [5.41, 5.74) is -1.28. The molecule has 0 saturated carbocycles. The first-order chi connectivity index (χ1) is 12.2. The van der Waals surface area contributed by atoms with Crippen LogP contribution in [0.1, 0.15) is 41.9 Å². The molecule has 2 fully saturated rings. The Labute approximate surface area is 149 Å². The Morgan fingerprint density at radius 3 is 2.62 bits per heavy atom. The van der Waals surface area contributed by atoms with Gasteiger partial charge in [0.25, 0.3) is 5.91 Å². The molecule has 3 rings (SSSR count). The Hall–Kier alpha value is -2.32. The number of aromatic amines is 1. The van der Waals surface area contributed by atoms with Crippen molar-refractivity contribution in [3.05, 3.63) is 30.1 Å². The SMILES string of the molecule is C=CCN1CC2(CCC1=O)CCN(C(=O)c1cc(C(F)(F)F)[nH]n1)CC2. The fourth-order valence-corrected chi connectivity index (χ4v) is 3.76. The van der Waals surface area contributed by atoms with E-state index >= 15 is 0 Å². The van der Waals surface area contributed by atoms with Crippen molar-refractivity contribution in [2.75, 3.05) is 26.2 Å². The van der Waals surface area contributed by atoms with Crippen LogP contribution >= 0.6 is 0 Å². The van der Waals surface area contributed by atoms with Crippen LogP contribution < -0.4 is 0 Å². The van der Waals surface area contributed by atoms with Crippen LogP contribution in [-0.4, -0.2) is 58.0 Å². The van der Waals surface area contributed by atoms with Gasteiger partial charge in [0.2, 0.25) is 5.91 Å². The topological polar surface area (TPSA) is 69.3 Å². The highest BCUT2D eigenvalue weighted by molar-refractivity contribution is 5.92. The number of hydrogen-bond acceptors (Lipinski definition) is 3. The van der Waals surface area contributed by atoms with Crippen molar-refractivity contribution in [1.82, 2.24) is 20.0 Å². The van der Waals surface area contributed by atoms with Crippen molar-refractivity contribution >= 4 is 11.8 Å². The van der Waals surface area contributed by atoms with Gasteiger partial charge in [0, 0.05) is 38.7 Å². The van der Waals surface area contributed by atoms with Gasteiger partial charge < -0.3 is 9.80 Å². The van der Waals surface area contributed by atoms with E-state index in [1.807, 2.05) is 5.10 Å². The second kappa shape index (κ2) is 6.77. The number of nitrogens with zero attached hydrogens (tertiary/aromatic N) is 3. The van der Waals surface area contributed by atoms with Crippen LogP contribution in [0.4, 0.5) is 13.2 Å². The van der Waals surface area contributed by atoms with Gasteiger partial charge in [-0.15, -0.1) is 6.58 Å². The second-order valence-electron chi connectivity index (χ2n) is 7.02. The first-order valence-corrected chi connectivity index (χ1v) is 8.55. The Bertz CT molecular complexity index is 705. The quantitative estimate of drug-likeness (QED) is 0.831. The lowest BCUT2D eigenvalue weighted by atomic mass is 9.72. The van der Waals surface area contributed by atoms with Crippen LogP contribution in [-0.2, 0) is 11.0 Å². The summed E-state index contributed by atoms with van der Waals surface area (Å²) in [6.07, 6.45) is -0.156. The highest BCUT2D eigenvalue weighted by atomic mass is 19.4. The summed E-state index contributed by atoms with van der Waals surface area (Å²) >= 11 is 0. The number of aromatic nitrogens is 2. The lowest BCUT2D eigenvalue weighted by Gasteiger charge is -2.47. The molecular formula is C17H21F3N4O2. The summed E-state index contributed by atoms with van der Waals surface area (Å²) in [6, 6.07) is 0.748. The highest BCUT2D eigenvalue weighted by Crippen LogP contribution is 2.40. The molecule has 0 aliphatic carbocycles. The third kappa shape index (κ3) is 3.61. The van der Waals surface area contributed by atoms with Gasteiger partial charge in [0.05, 0.1) is 0 Å². The fraction of sp³-hybridized carbons (Fsp3) is 0.588. The van der Waals surface area contributed by atoms with Crippen LogP contribution in [0.5, 0.6) is 0 Å². The summed E-state index contributed by atoms with van der Waals surface area (Å²) in [5.74, 6) is -0.383. The summed E-state index contributed by atoms with van der Waals surface area (Å²) in [6.45, 7) is 5.72. The highest BCUT2D eigenvalue weighted by Gasteiger charge is 2.42. The summed E-state index contributed by atoms with van der Waals surface area (Å²) in [5, 5.41) is 5.38. The number of carbonyl (C=O) groups is 2. The number of likely N-dealkylation sites (tertiary alicyclic amines) is 2. The van der Waals surface area contributed by atoms with Crippen molar-refractivity contribution in [2.45, 2.75) is 31.9 Å². The van der Waals surface area contributed by atoms with Crippen molar-refractivity contribution in [3.8, 4) is 0 Å². The van der Waals surface area contributed by atoms with E-state index < -0.39 is 17.8 Å². The molecule has 2 amide bonds. The zero-order valence-corrected chi connectivity index (χ0v) is 14.3. The van der Waals surface area contributed by atoms with E-state index in [9.17, 15) is 22.8 Å². The van der Waals surface area contributed by atoms with E-state index in [2.05, 4.69) is 11.7 Å². The molecule has 1 aromatic heterocycles. The fourth-order valence-electron chi connectivity index (χ4n) is 3.76. The number of alkyl halides is 3. The van der Waals surface area contributed by atoms with E-state index in [1.54, 1.807) is 11.0 Å². The molecule has 1 N–H and O–H groups in total. The predicted molar refractivity (Wildman–Crippen MR) is 87.2 cm³/mol. The average Bonchev–Trinajstić information content (AvgIpc) is 3.09. The predicted octanol–water partition coefficient (Wildman–Crippen LogP) is 2.46. The molecule has 2 saturated heterocycles. The van der Waals surface area contributed by atoms with Crippen molar-refractivity contribution < 1.29 is 22.8 Å². The van der Waals surface area contributed by atoms with Gasteiger partial charge in [-0.05, 0) is 24.7 Å². The normalized spacial score (nSPS) is 20.5. The van der Waals surface area contributed by atoms with Crippen LogP contribution in [0.25, 0.3) is 0 Å². The van der Waals surface area contributed by atoms with Crippen molar-refractivity contribution in [2.24, 2.45) is 5.41 Å². The minimum absolute atomic E-state index is 0.0313. The smallest absolute Gasteiger partial charge is 0.338 e. The molecule has 0 aromatic carbocycles. The van der Waals surface area contributed by atoms with Gasteiger partial charge in [-0.2, -0.15) is 18.3 Å². The summed E-state index contributed by atoms with van der Waals surface area (Å²) < 4.78 is 37.9. The molecule has 2 aliphatic rings. The first kappa shape index (κ1) is 18.5. The van der Waals surface area contributed by atoms with Gasteiger partial charge in [-0.25, -0.2) is 0 Å². The third-order valence-electron chi connectivity index (χ3n) is 5.31. The Morgan fingerprint density at radius 1 is 1.35 bits per heavy atom. The van der Waals surface area contributed by atoms with Gasteiger partial charge in [0.15, 0.2) is 5.69 Å². The first-order valence-electron chi connectivity index (χ1n) is 8.55. The maximum Gasteiger partial charge on any atom is 0.432 e. The van der Waals surface area contributed by atoms with E-state index in [4.69, 9.17) is 0 Å². The molecule has 0 atom stereocenters. The minimum atomic E-state index is -4.55. The zero-order valence-electron chi connectivity index (χ0n) is 14.3. The van der Waals surface area contributed by atoms with E-state index in [0.29, 0.717) is 32.6 Å². The molecule has 142 valence electrons. The van der Waals surface area contributed by atoms with Crippen molar-refractivity contribution in [3.63, 3.8) is 0 Å². The molecule has 0 bridgehead atoms. The molecule has 0 unspecified atom stereocenters. The van der Waals surface area contributed by atoms with Gasteiger partial charge in [0.1, 0.15) is 5.69 Å². The lowest BCUT2D eigenvalue weighted by molar-refractivity contribution is -0.141. The largest absolute Gasteiger partial charge is 0.432 e. The monoisotopic (exact) mass is 370 g/mol. The van der Waals surface area contributed by atoms with Gasteiger partial charge in [-0.3, -0.25) is 14.7 Å². The Balaban J connectivity index is 1.63. The van der Waals surface area contributed by atoms with Crippen LogP contribution in [0.2, 0.25) is 0 Å². The molecule has 0 radical (unpaired) electrons. The lowest BCUT2D eigenvalue weighted by Crippen LogP contribution is -2.52. The molecule has 6 nitrogen and oxygen atoms in total. The van der Waals surface area contributed by atoms with Crippen LogP contribution in [0.15, 0.2) is 18.7 Å². The molecule has 9 heteroatoms. The maximum absolute atomic E-state index is 12.6. The van der Waals surface area contributed by atoms with Crippen LogP contribution in [0, 0.1) is 5.41 Å². The van der Waals surface area contributed by atoms with Gasteiger partial charge >= 0.3 is 6.18 Å². The number of halogens is 3. The zero-order chi connectivity index (χ0) is 18.9. The number of hydrogen-bond donors (Lipinski definition) is 1. The van der Waals surface area contributed by atoms with Crippen molar-refractivity contribution in [1.29, 1.82) is 0 Å². The molecule has 26 heavy (non-hydrogen) atoms. The number of nitrogens with one attached hydrogen (secondary N) is 1. The second-order valence-corrected chi connectivity index (χ2v) is 7.02. The number of carbonyl (C=O) groups excluding carboxylic acids is 2.